The highest BCUT2D eigenvalue weighted by atomic mass is 32.2. The number of nitrogens with zero attached hydrogens (tertiary/aromatic N) is 5. The molecule has 0 aliphatic carbocycles. The van der Waals surface area contributed by atoms with Gasteiger partial charge in [0.2, 0.25) is 10.0 Å². The van der Waals surface area contributed by atoms with Gasteiger partial charge in [0.15, 0.2) is 11.5 Å². The van der Waals surface area contributed by atoms with Crippen LogP contribution in [0, 0.1) is 13.8 Å². The molecule has 0 unspecified atom stereocenters. The molecule has 1 fully saturated rings. The zero-order valence-electron chi connectivity index (χ0n) is 16.1. The summed E-state index contributed by atoms with van der Waals surface area (Å²) in [4.78, 5) is 12.0. The third kappa shape index (κ3) is 3.92. The number of rotatable bonds is 6. The Kier molecular flexibility index (Phi) is 5.53. The summed E-state index contributed by atoms with van der Waals surface area (Å²) in [5.41, 5.74) is 0.343. The fourth-order valence-electron chi connectivity index (χ4n) is 3.30. The Bertz CT molecular complexity index is 950. The van der Waals surface area contributed by atoms with E-state index in [0.29, 0.717) is 0 Å². The summed E-state index contributed by atoms with van der Waals surface area (Å²) in [6.45, 7) is 6.48. The number of sulfonamides is 1. The van der Waals surface area contributed by atoms with Crippen LogP contribution >= 0.6 is 0 Å². The van der Waals surface area contributed by atoms with E-state index in [0.717, 1.165) is 4.31 Å². The number of halogens is 1. The molecule has 3 rings (SSSR count). The Morgan fingerprint density at radius 1 is 1.43 bits per heavy atom. The number of aryl methyl sites for hydroxylation is 2. The lowest BCUT2D eigenvalue weighted by Gasteiger charge is -2.23. The van der Waals surface area contributed by atoms with Gasteiger partial charge in [-0.25, -0.2) is 12.8 Å². The number of carbonyl (C=O) groups is 1. The van der Waals surface area contributed by atoms with Crippen LogP contribution in [0.2, 0.25) is 0 Å². The third-order valence-corrected chi connectivity index (χ3v) is 6.60. The van der Waals surface area contributed by atoms with Crippen LogP contribution < -0.4 is 5.32 Å². The summed E-state index contributed by atoms with van der Waals surface area (Å²) >= 11 is 0. The molecule has 12 heteroatoms. The molecule has 0 bridgehead atoms. The molecule has 0 radical (unpaired) electrons. The average molecular weight is 414 g/mol. The molecule has 2 aromatic rings. The van der Waals surface area contributed by atoms with Gasteiger partial charge in [-0.2, -0.15) is 4.31 Å². The zero-order valence-corrected chi connectivity index (χ0v) is 16.9. The van der Waals surface area contributed by atoms with Gasteiger partial charge in [-0.15, -0.1) is 5.10 Å². The summed E-state index contributed by atoms with van der Waals surface area (Å²) in [6.07, 6.45) is 0.146. The predicted octanol–water partition coefficient (Wildman–Crippen LogP) is 0.822. The van der Waals surface area contributed by atoms with Gasteiger partial charge in [0, 0.05) is 18.6 Å². The van der Waals surface area contributed by atoms with Crippen molar-refractivity contribution in [3.05, 3.63) is 23.3 Å². The number of alkyl halides is 1. The first-order chi connectivity index (χ1) is 13.1. The lowest BCUT2D eigenvalue weighted by molar-refractivity contribution is 0.0938. The van der Waals surface area contributed by atoms with Crippen LogP contribution in [0.25, 0.3) is 0 Å². The standard InChI is InChI=1S/C16H23FN6O4S/c1-9(2)18-16(24)14-8-22(21-19-14)7-13-5-12(17)6-23(13)28(25,26)15-10(3)20-27-11(15)4/h8-9,12-13H,5-7H2,1-4H3,(H,18,24)/t12-,13-/m0/s1. The van der Waals surface area contributed by atoms with Gasteiger partial charge < -0.3 is 9.84 Å². The SMILES string of the molecule is Cc1noc(C)c1S(=O)(=O)N1C[C@@H](F)C[C@H]1Cn1cc(C(=O)NC(C)C)nn1. The van der Waals surface area contributed by atoms with E-state index in [1.165, 1.54) is 24.7 Å². The number of hydrogen-bond donors (Lipinski definition) is 1. The van der Waals surface area contributed by atoms with E-state index in [2.05, 4.69) is 20.8 Å². The van der Waals surface area contributed by atoms with Crippen molar-refractivity contribution in [1.29, 1.82) is 0 Å². The molecule has 154 valence electrons. The normalized spacial score (nSPS) is 20.8. The minimum Gasteiger partial charge on any atom is -0.360 e. The number of carbonyl (C=O) groups excluding carboxylic acids is 1. The summed E-state index contributed by atoms with van der Waals surface area (Å²) in [7, 11) is -3.99. The fraction of sp³-hybridized carbons (Fsp3) is 0.625. The van der Waals surface area contributed by atoms with E-state index >= 15 is 0 Å². The van der Waals surface area contributed by atoms with Crippen molar-refractivity contribution >= 4 is 15.9 Å². The molecule has 0 spiro atoms. The number of amides is 1. The highest BCUT2D eigenvalue weighted by Gasteiger charge is 2.43. The van der Waals surface area contributed by atoms with Crippen LogP contribution in [0.3, 0.4) is 0 Å². The largest absolute Gasteiger partial charge is 0.360 e. The maximum absolute atomic E-state index is 14.1. The summed E-state index contributed by atoms with van der Waals surface area (Å²) in [6, 6.07) is -0.730. The Labute approximate surface area is 162 Å². The van der Waals surface area contributed by atoms with Crippen molar-refractivity contribution in [3.8, 4) is 0 Å². The van der Waals surface area contributed by atoms with Crippen molar-refractivity contribution in [2.24, 2.45) is 0 Å². The van der Waals surface area contributed by atoms with E-state index in [1.54, 1.807) is 0 Å². The highest BCUT2D eigenvalue weighted by molar-refractivity contribution is 7.89. The first-order valence-corrected chi connectivity index (χ1v) is 10.3. The minimum atomic E-state index is -3.99. The first-order valence-electron chi connectivity index (χ1n) is 8.89. The molecule has 1 aliphatic rings. The van der Waals surface area contributed by atoms with Gasteiger partial charge in [-0.1, -0.05) is 10.4 Å². The van der Waals surface area contributed by atoms with E-state index in [9.17, 15) is 17.6 Å². The van der Waals surface area contributed by atoms with Gasteiger partial charge >= 0.3 is 0 Å². The smallest absolute Gasteiger partial charge is 0.273 e. The molecule has 1 N–H and O–H groups in total. The zero-order chi connectivity index (χ0) is 20.6. The van der Waals surface area contributed by atoms with E-state index in [1.807, 2.05) is 13.8 Å². The highest BCUT2D eigenvalue weighted by Crippen LogP contribution is 2.31. The topological polar surface area (TPSA) is 123 Å². The molecule has 2 atom stereocenters. The first kappa shape index (κ1) is 20.4. The summed E-state index contributed by atoms with van der Waals surface area (Å²) in [5.74, 6) is -0.219. The van der Waals surface area contributed by atoms with Crippen LogP contribution in [-0.4, -0.2) is 63.6 Å². The van der Waals surface area contributed by atoms with E-state index in [4.69, 9.17) is 4.52 Å². The molecule has 0 aromatic carbocycles. The maximum atomic E-state index is 14.1. The molecule has 2 aromatic heterocycles. The number of nitrogens with one attached hydrogen (secondary N) is 1. The van der Waals surface area contributed by atoms with Gasteiger partial charge in [0.1, 0.15) is 16.8 Å². The van der Waals surface area contributed by atoms with Gasteiger partial charge in [-0.3, -0.25) is 9.48 Å². The second-order valence-electron chi connectivity index (χ2n) is 7.17. The van der Waals surface area contributed by atoms with Crippen molar-refractivity contribution in [2.45, 2.75) is 63.8 Å². The molecular weight excluding hydrogens is 391 g/mol. The quantitative estimate of drug-likeness (QED) is 0.742. The van der Waals surface area contributed by atoms with Crippen LogP contribution in [0.4, 0.5) is 4.39 Å². The van der Waals surface area contributed by atoms with E-state index in [-0.39, 0.29) is 53.5 Å². The Morgan fingerprint density at radius 2 is 2.14 bits per heavy atom. The molecule has 1 amide bonds. The maximum Gasteiger partial charge on any atom is 0.273 e. The lowest BCUT2D eigenvalue weighted by Crippen LogP contribution is -2.38. The number of hydrogen-bond acceptors (Lipinski definition) is 7. The molecule has 1 aliphatic heterocycles. The molecule has 10 nitrogen and oxygen atoms in total. The lowest BCUT2D eigenvalue weighted by atomic mass is 10.2. The monoisotopic (exact) mass is 414 g/mol. The second-order valence-corrected chi connectivity index (χ2v) is 9.00. The van der Waals surface area contributed by atoms with E-state index < -0.39 is 22.2 Å². The summed E-state index contributed by atoms with van der Waals surface area (Å²) < 4.78 is 47.7. The molecule has 28 heavy (non-hydrogen) atoms. The van der Waals surface area contributed by atoms with Crippen LogP contribution in [0.5, 0.6) is 0 Å². The fourth-order valence-corrected chi connectivity index (χ4v) is 5.24. The average Bonchev–Trinajstić information content (AvgIpc) is 3.27. The van der Waals surface area contributed by atoms with Crippen LogP contribution in [0.1, 0.15) is 42.2 Å². The molecular formula is C16H23FN6O4S. The van der Waals surface area contributed by atoms with Crippen LogP contribution in [-0.2, 0) is 16.6 Å². The van der Waals surface area contributed by atoms with Crippen molar-refractivity contribution in [3.63, 3.8) is 0 Å². The van der Waals surface area contributed by atoms with Gasteiger partial charge in [0.25, 0.3) is 5.91 Å². The predicted molar refractivity (Wildman–Crippen MR) is 95.8 cm³/mol. The Hall–Kier alpha value is -2.34. The minimum absolute atomic E-state index is 0.0238. The second kappa shape index (κ2) is 7.59. The third-order valence-electron chi connectivity index (χ3n) is 4.44. The molecule has 1 saturated heterocycles. The van der Waals surface area contributed by atoms with Crippen molar-refractivity contribution in [1.82, 2.24) is 29.8 Å². The Morgan fingerprint density at radius 3 is 2.75 bits per heavy atom. The molecule has 3 heterocycles. The molecule has 0 saturated carbocycles. The summed E-state index contributed by atoms with van der Waals surface area (Å²) in [5, 5.41) is 14.1. The van der Waals surface area contributed by atoms with Gasteiger partial charge in [0.05, 0.1) is 12.7 Å². The van der Waals surface area contributed by atoms with Gasteiger partial charge in [-0.05, 0) is 34.1 Å². The Balaban J connectivity index is 1.82. The van der Waals surface area contributed by atoms with Crippen LogP contribution in [0.15, 0.2) is 15.6 Å². The number of aromatic nitrogens is 4. The van der Waals surface area contributed by atoms with Crippen molar-refractivity contribution < 1.29 is 22.1 Å². The van der Waals surface area contributed by atoms with Crippen molar-refractivity contribution in [2.75, 3.05) is 6.54 Å².